The van der Waals surface area contributed by atoms with E-state index in [2.05, 4.69) is 200 Å². The third kappa shape index (κ3) is 17.1. The number of allylic oxidation sites excluding steroid dienone is 2. The van der Waals surface area contributed by atoms with Gasteiger partial charge in [0.1, 0.15) is 0 Å². The molecule has 1 aliphatic rings. The van der Waals surface area contributed by atoms with Crippen LogP contribution < -0.4 is 0 Å². The number of hydrogen-bond donors (Lipinski definition) is 1. The number of benzene rings is 9. The molecule has 0 saturated heterocycles. The van der Waals surface area contributed by atoms with Gasteiger partial charge >= 0.3 is 20.1 Å². The number of pyridine rings is 2. The average molecular weight is 1630 g/mol. The van der Waals surface area contributed by atoms with Crippen LogP contribution in [0.3, 0.4) is 0 Å². The normalized spacial score (nSPS) is 11.3. The Labute approximate surface area is 535 Å². The summed E-state index contributed by atoms with van der Waals surface area (Å²) in [5.74, 6) is 0.612. The molecule has 3 heterocycles. The van der Waals surface area contributed by atoms with E-state index in [-0.39, 0.29) is 77.3 Å². The zero-order valence-corrected chi connectivity index (χ0v) is 54.8. The minimum Gasteiger partial charge on any atom is -0.512 e. The van der Waals surface area contributed by atoms with Crippen LogP contribution in [-0.2, 0) is 76.9 Å². The summed E-state index contributed by atoms with van der Waals surface area (Å²) in [4.78, 5) is 18.7. The Bertz CT molecular complexity index is 3920. The molecule has 0 atom stereocenters. The van der Waals surface area contributed by atoms with Gasteiger partial charge in [-0.2, -0.15) is 59.7 Å². The number of aromatic nitrogens is 4. The molecule has 2 radical (unpaired) electrons. The molecule has 84 heavy (non-hydrogen) atoms. The van der Waals surface area contributed by atoms with Crippen LogP contribution in [0.2, 0.25) is 0 Å². The zero-order chi connectivity index (χ0) is 56.6. The first-order valence-corrected chi connectivity index (χ1v) is 27.2. The maximum atomic E-state index is 10.0. The Hall–Kier alpha value is -7.83. The van der Waals surface area contributed by atoms with Gasteiger partial charge in [0.25, 0.3) is 0 Å². The summed E-state index contributed by atoms with van der Waals surface area (Å²) in [5, 5.41) is 16.1. The summed E-state index contributed by atoms with van der Waals surface area (Å²) < 4.78 is 1.86. The SMILES string of the molecule is CC(=O)C=C(C)O.CC(C)Cc1cccc(-c2cc[c-]c(-c3[c-]cccc3)c2)c1.CC1(C)c2ccccc2-c2c[c-]c(-n3cccn3)cc21.[Ir+3].[Ir].[Ir].[c-]1ccc(-c2ccccc2)cc1-c1ccccn1.[c-]1cccc2ccc3cccnc3c12. The molecule has 0 amide bonds. The second-order valence-corrected chi connectivity index (χ2v) is 20.6. The molecule has 3 aromatic heterocycles. The fourth-order valence-corrected chi connectivity index (χ4v) is 9.86. The quantitative estimate of drug-likeness (QED) is 0.0710. The molecule has 6 nitrogen and oxygen atoms in total. The Balaban J connectivity index is 0.000000172. The van der Waals surface area contributed by atoms with Crippen LogP contribution in [-0.4, -0.2) is 30.6 Å². The van der Waals surface area contributed by atoms with E-state index >= 15 is 0 Å². The molecule has 1 aliphatic carbocycles. The summed E-state index contributed by atoms with van der Waals surface area (Å²) in [6.07, 6.45) is 9.65. The molecule has 12 aromatic rings. The van der Waals surface area contributed by atoms with E-state index in [4.69, 9.17) is 5.11 Å². The second kappa shape index (κ2) is 31.7. The van der Waals surface area contributed by atoms with E-state index < -0.39 is 0 Å². The van der Waals surface area contributed by atoms with Crippen LogP contribution in [0.15, 0.2) is 255 Å². The van der Waals surface area contributed by atoms with Gasteiger partial charge in [0.2, 0.25) is 0 Å². The summed E-state index contributed by atoms with van der Waals surface area (Å²) in [6.45, 7) is 11.9. The predicted molar refractivity (Wildman–Crippen MR) is 333 cm³/mol. The van der Waals surface area contributed by atoms with Gasteiger partial charge in [0.15, 0.2) is 5.78 Å². The van der Waals surface area contributed by atoms with Crippen molar-refractivity contribution in [1.82, 2.24) is 19.7 Å². The van der Waals surface area contributed by atoms with E-state index in [1.165, 1.54) is 80.8 Å². The van der Waals surface area contributed by atoms with Crippen molar-refractivity contribution < 1.29 is 70.2 Å². The molecule has 1 N–H and O–H groups in total. The molecular weight excluding hydrogens is 1570 g/mol. The van der Waals surface area contributed by atoms with Gasteiger partial charge in [-0.25, -0.2) is 11.1 Å². The Morgan fingerprint density at radius 3 is 1.92 bits per heavy atom. The Kier molecular flexibility index (Phi) is 24.7. The van der Waals surface area contributed by atoms with E-state index in [0.29, 0.717) is 5.92 Å². The number of rotatable bonds is 8. The Morgan fingerprint density at radius 2 is 1.21 bits per heavy atom. The van der Waals surface area contributed by atoms with Crippen LogP contribution in [0.25, 0.3) is 83.1 Å². The molecule has 9 heteroatoms. The molecule has 0 aliphatic heterocycles. The molecule has 0 saturated carbocycles. The van der Waals surface area contributed by atoms with Crippen molar-refractivity contribution in [3.8, 4) is 61.5 Å². The van der Waals surface area contributed by atoms with E-state index in [1.54, 1.807) is 12.4 Å². The first-order chi connectivity index (χ1) is 39.4. The first-order valence-electron chi connectivity index (χ1n) is 27.2. The van der Waals surface area contributed by atoms with Crippen molar-refractivity contribution in [2.75, 3.05) is 0 Å². The maximum absolute atomic E-state index is 10.0. The number of carbonyl (C=O) groups is 1. The van der Waals surface area contributed by atoms with E-state index in [1.807, 2.05) is 108 Å². The van der Waals surface area contributed by atoms with Crippen molar-refractivity contribution in [3.63, 3.8) is 0 Å². The smallest absolute Gasteiger partial charge is 0.512 e. The first kappa shape index (κ1) is 65.3. The van der Waals surface area contributed by atoms with Gasteiger partial charge in [-0.3, -0.25) is 9.48 Å². The number of fused-ring (bicyclic) bond motifs is 6. The zero-order valence-electron chi connectivity index (χ0n) is 47.6. The molecule has 9 aromatic carbocycles. The number of aliphatic hydroxyl groups is 1. The third-order valence-electron chi connectivity index (χ3n) is 13.6. The van der Waals surface area contributed by atoms with Crippen molar-refractivity contribution in [2.45, 2.75) is 53.4 Å². The summed E-state index contributed by atoms with van der Waals surface area (Å²) in [7, 11) is 0. The summed E-state index contributed by atoms with van der Waals surface area (Å²) >= 11 is 0. The molecular formula is C75H63Ir3N4O2-2. The van der Waals surface area contributed by atoms with Crippen molar-refractivity contribution in [1.29, 1.82) is 0 Å². The summed E-state index contributed by atoms with van der Waals surface area (Å²) in [5.41, 5.74) is 17.9. The number of carbonyl (C=O) groups excluding carboxylic acids is 1. The number of nitrogens with zero attached hydrogens (tertiary/aromatic N) is 4. The molecule has 0 bridgehead atoms. The fraction of sp³-hybridized carbons (Fsp3) is 0.120. The van der Waals surface area contributed by atoms with Crippen molar-refractivity contribution in [3.05, 3.63) is 302 Å². The van der Waals surface area contributed by atoms with Crippen LogP contribution in [0.4, 0.5) is 0 Å². The monoisotopic (exact) mass is 1630 g/mol. The van der Waals surface area contributed by atoms with Crippen LogP contribution in [0.1, 0.15) is 58.2 Å². The molecule has 0 unspecified atom stereocenters. The molecule has 13 rings (SSSR count). The largest absolute Gasteiger partial charge is 3.00 e. The van der Waals surface area contributed by atoms with Crippen LogP contribution in [0, 0.1) is 36.2 Å². The third-order valence-corrected chi connectivity index (χ3v) is 13.6. The minimum atomic E-state index is -0.125. The van der Waals surface area contributed by atoms with Gasteiger partial charge < -0.3 is 15.1 Å². The number of ketones is 1. The van der Waals surface area contributed by atoms with E-state index in [0.717, 1.165) is 45.4 Å². The fourth-order valence-electron chi connectivity index (χ4n) is 9.86. The topological polar surface area (TPSA) is 80.9 Å². The molecule has 424 valence electrons. The standard InChI is InChI=1S/C22H20.C18H15N2.C17H12N.C13H8N.C5H8O2.3Ir/c1-17(2)14-18-8-6-11-20(15-18)22-13-7-12-21(16-22)19-9-4-3-5-10-19;1-18(2)16-7-4-3-6-14(16)15-9-8-13(12-17(15)18)20-11-5-10-19-20;1-2-7-14(8-3-1)15-9-6-10-16(13-15)17-11-4-5-12-18-17;1-2-6-12-10(4-1)7-8-11-5-3-9-14-13(11)12;1-4(6)3-5(2)7;;;/h3-9,11,13,15-17H,14H2,1-2H3;3-7,9-12H,1-2H3;1-9,11-13H;1-5,7-9H;3,6H,1-2H3;;;/q-2;3*-1;;;;+3. The number of aliphatic hydroxyl groups excluding tert-OH is 1. The molecule has 0 spiro atoms. The van der Waals surface area contributed by atoms with Gasteiger partial charge in [0.05, 0.1) is 5.76 Å². The van der Waals surface area contributed by atoms with E-state index in [9.17, 15) is 4.79 Å². The predicted octanol–water partition coefficient (Wildman–Crippen LogP) is 18.2. The second-order valence-electron chi connectivity index (χ2n) is 20.6. The average Bonchev–Trinajstić information content (AvgIpc) is 2.76. The number of hydrogen-bond acceptors (Lipinski definition) is 5. The maximum Gasteiger partial charge on any atom is 3.00 e. The molecule has 0 fully saturated rings. The van der Waals surface area contributed by atoms with Crippen molar-refractivity contribution in [2.24, 2.45) is 5.92 Å². The van der Waals surface area contributed by atoms with Crippen LogP contribution in [0.5, 0.6) is 0 Å². The van der Waals surface area contributed by atoms with Crippen molar-refractivity contribution >= 4 is 27.5 Å². The van der Waals surface area contributed by atoms with Gasteiger partial charge in [-0.15, -0.1) is 105 Å². The minimum absolute atomic E-state index is 0. The summed E-state index contributed by atoms with van der Waals surface area (Å²) in [6, 6.07) is 91.1. The van der Waals surface area contributed by atoms with Gasteiger partial charge in [0, 0.05) is 71.1 Å². The van der Waals surface area contributed by atoms with Gasteiger partial charge in [-0.1, -0.05) is 142 Å². The Morgan fingerprint density at radius 1 is 0.560 bits per heavy atom. The van der Waals surface area contributed by atoms with Crippen LogP contribution >= 0.6 is 0 Å². The van der Waals surface area contributed by atoms with Gasteiger partial charge in [-0.05, 0) is 94.3 Å².